The topological polar surface area (TPSA) is 26.0 Å². The molecule has 0 atom stereocenters. The van der Waals surface area contributed by atoms with Crippen molar-refractivity contribution in [3.05, 3.63) is 58.5 Å². The second kappa shape index (κ2) is 2.74. The Labute approximate surface area is 88.2 Å². The zero-order valence-corrected chi connectivity index (χ0v) is 8.33. The molecular formula is C14H11N. The summed E-state index contributed by atoms with van der Waals surface area (Å²) in [5, 5.41) is 2.15. The number of hydrogen-bond donors (Lipinski definition) is 1. The highest BCUT2D eigenvalue weighted by molar-refractivity contribution is 5.87. The van der Waals surface area contributed by atoms with Crippen LogP contribution in [0.15, 0.2) is 42.5 Å². The second-order valence-electron chi connectivity index (χ2n) is 3.84. The second-order valence-corrected chi connectivity index (χ2v) is 3.84. The summed E-state index contributed by atoms with van der Waals surface area (Å²) < 4.78 is 0. The molecule has 1 nitrogen and oxygen atoms in total. The zero-order chi connectivity index (χ0) is 10.4. The van der Waals surface area contributed by atoms with Gasteiger partial charge in [0.25, 0.3) is 0 Å². The van der Waals surface area contributed by atoms with Crippen LogP contribution in [0, 0.1) is 0 Å². The molecule has 0 bridgehead atoms. The lowest BCUT2D eigenvalue weighted by Crippen LogP contribution is -2.13. The summed E-state index contributed by atoms with van der Waals surface area (Å²) in [6.07, 6.45) is 0. The first kappa shape index (κ1) is 8.30. The molecular weight excluding hydrogens is 182 g/mol. The Morgan fingerprint density at radius 1 is 0.867 bits per heavy atom. The Morgan fingerprint density at radius 2 is 1.60 bits per heavy atom. The highest BCUT2D eigenvalue weighted by Gasteiger charge is 2.15. The van der Waals surface area contributed by atoms with Gasteiger partial charge in [-0.15, -0.1) is 0 Å². The minimum Gasteiger partial charge on any atom is -0.398 e. The minimum absolute atomic E-state index is 0.876. The van der Waals surface area contributed by atoms with E-state index < -0.39 is 0 Å². The summed E-state index contributed by atoms with van der Waals surface area (Å²) in [5.41, 5.74) is 10.5. The number of fused-ring (bicyclic) bond motifs is 3. The average molecular weight is 193 g/mol. The first-order valence-corrected chi connectivity index (χ1v) is 4.96. The molecule has 0 heterocycles. The highest BCUT2D eigenvalue weighted by Crippen LogP contribution is 2.27. The van der Waals surface area contributed by atoms with E-state index >= 15 is 0 Å². The van der Waals surface area contributed by atoms with E-state index in [0.29, 0.717) is 0 Å². The first-order valence-electron chi connectivity index (χ1n) is 4.96. The average Bonchev–Trinajstić information content (AvgIpc) is 2.54. The van der Waals surface area contributed by atoms with Crippen LogP contribution in [-0.2, 0) is 0 Å². The van der Waals surface area contributed by atoms with Crippen LogP contribution in [0.2, 0.25) is 0 Å². The van der Waals surface area contributed by atoms with Crippen LogP contribution in [0.5, 0.6) is 0 Å². The number of rotatable bonds is 0. The lowest BCUT2D eigenvalue weighted by Gasteiger charge is -2.00. The van der Waals surface area contributed by atoms with Crippen molar-refractivity contribution in [1.82, 2.24) is 0 Å². The van der Waals surface area contributed by atoms with Gasteiger partial charge in [-0.3, -0.25) is 0 Å². The van der Waals surface area contributed by atoms with E-state index in [0.717, 1.165) is 21.7 Å². The molecule has 0 amide bonds. The molecule has 0 fully saturated rings. The Bertz CT molecular complexity index is 653. The maximum Gasteiger partial charge on any atom is 0.0473 e. The van der Waals surface area contributed by atoms with Gasteiger partial charge in [0.2, 0.25) is 0 Å². The smallest absolute Gasteiger partial charge is 0.0473 e. The van der Waals surface area contributed by atoms with Crippen molar-refractivity contribution in [2.45, 2.75) is 0 Å². The standard InChI is InChI=1S/C14H11N/c1-9-6-7-12-13(8-9)10-4-2-3-5-11(10)14(12)15/h2-8H,1,15H2. The fourth-order valence-electron chi connectivity index (χ4n) is 2.15. The maximum absolute atomic E-state index is 6.10. The van der Waals surface area contributed by atoms with Crippen LogP contribution in [0.4, 0.5) is 0 Å². The van der Waals surface area contributed by atoms with Crippen molar-refractivity contribution in [3.8, 4) is 11.1 Å². The molecule has 0 spiro atoms. The molecule has 1 heteroatoms. The summed E-state index contributed by atoms with van der Waals surface area (Å²) in [5.74, 6) is 0. The maximum atomic E-state index is 6.10. The number of nitrogens with two attached hydrogens (primary N) is 1. The summed E-state index contributed by atoms with van der Waals surface area (Å²) in [7, 11) is 0. The Hall–Kier alpha value is -2.02. The van der Waals surface area contributed by atoms with Gasteiger partial charge >= 0.3 is 0 Å². The lowest BCUT2D eigenvalue weighted by molar-refractivity contribution is 1.51. The molecule has 15 heavy (non-hydrogen) atoms. The van der Waals surface area contributed by atoms with Crippen LogP contribution < -0.4 is 16.2 Å². The largest absolute Gasteiger partial charge is 0.398 e. The van der Waals surface area contributed by atoms with Gasteiger partial charge in [-0.05, 0) is 22.4 Å². The van der Waals surface area contributed by atoms with Gasteiger partial charge in [0.05, 0.1) is 0 Å². The molecule has 0 saturated carbocycles. The van der Waals surface area contributed by atoms with E-state index in [9.17, 15) is 0 Å². The van der Waals surface area contributed by atoms with Crippen molar-refractivity contribution >= 4 is 12.3 Å². The SMILES string of the molecule is C=c1ccc2c(c1)-c1ccccc1C=2N. The summed E-state index contributed by atoms with van der Waals surface area (Å²) >= 11 is 0. The molecule has 2 N–H and O–H groups in total. The van der Waals surface area contributed by atoms with Gasteiger partial charge in [-0.2, -0.15) is 0 Å². The Balaban J connectivity index is 2.52. The molecule has 0 saturated heterocycles. The van der Waals surface area contributed by atoms with Crippen LogP contribution in [-0.4, -0.2) is 0 Å². The van der Waals surface area contributed by atoms with E-state index in [1.54, 1.807) is 0 Å². The van der Waals surface area contributed by atoms with Gasteiger partial charge in [0, 0.05) is 16.5 Å². The molecule has 72 valence electrons. The molecule has 1 aliphatic rings. The van der Waals surface area contributed by atoms with Crippen LogP contribution in [0.3, 0.4) is 0 Å². The molecule has 2 aromatic carbocycles. The van der Waals surface area contributed by atoms with Crippen LogP contribution >= 0.6 is 0 Å². The van der Waals surface area contributed by atoms with Gasteiger partial charge in [0.15, 0.2) is 0 Å². The van der Waals surface area contributed by atoms with Gasteiger partial charge in [-0.25, -0.2) is 0 Å². The third-order valence-electron chi connectivity index (χ3n) is 2.88. The molecule has 0 aliphatic heterocycles. The van der Waals surface area contributed by atoms with Crippen molar-refractivity contribution in [2.24, 2.45) is 5.73 Å². The third-order valence-corrected chi connectivity index (χ3v) is 2.88. The number of hydrogen-bond acceptors (Lipinski definition) is 1. The fraction of sp³-hybridized carbons (Fsp3) is 0. The molecule has 1 aliphatic carbocycles. The van der Waals surface area contributed by atoms with Crippen molar-refractivity contribution in [2.75, 3.05) is 0 Å². The summed E-state index contributed by atoms with van der Waals surface area (Å²) in [4.78, 5) is 0. The Morgan fingerprint density at radius 3 is 2.40 bits per heavy atom. The predicted molar refractivity (Wildman–Crippen MR) is 63.3 cm³/mol. The van der Waals surface area contributed by atoms with Gasteiger partial charge in [-0.1, -0.05) is 43.0 Å². The molecule has 0 radical (unpaired) electrons. The van der Waals surface area contributed by atoms with Crippen LogP contribution in [0.25, 0.3) is 23.4 Å². The van der Waals surface area contributed by atoms with Crippen molar-refractivity contribution in [3.63, 3.8) is 0 Å². The minimum atomic E-state index is 0.876. The number of benzene rings is 2. The normalized spacial score (nSPS) is 12.4. The summed E-state index contributed by atoms with van der Waals surface area (Å²) in [6, 6.07) is 14.4. The molecule has 0 aromatic heterocycles. The molecule has 2 aromatic rings. The quantitative estimate of drug-likeness (QED) is 0.668. The van der Waals surface area contributed by atoms with E-state index in [-0.39, 0.29) is 0 Å². The Kier molecular flexibility index (Phi) is 1.51. The third kappa shape index (κ3) is 1.03. The van der Waals surface area contributed by atoms with Crippen molar-refractivity contribution in [1.29, 1.82) is 0 Å². The van der Waals surface area contributed by atoms with E-state index in [2.05, 4.69) is 24.8 Å². The molecule has 0 unspecified atom stereocenters. The van der Waals surface area contributed by atoms with E-state index in [1.165, 1.54) is 11.1 Å². The summed E-state index contributed by atoms with van der Waals surface area (Å²) in [6.45, 7) is 3.95. The first-order chi connectivity index (χ1) is 7.27. The fourth-order valence-corrected chi connectivity index (χ4v) is 2.15. The van der Waals surface area contributed by atoms with Crippen molar-refractivity contribution < 1.29 is 0 Å². The highest BCUT2D eigenvalue weighted by atomic mass is 14.6. The van der Waals surface area contributed by atoms with E-state index in [1.807, 2.05) is 24.3 Å². The van der Waals surface area contributed by atoms with Gasteiger partial charge in [0.1, 0.15) is 0 Å². The van der Waals surface area contributed by atoms with Gasteiger partial charge < -0.3 is 5.73 Å². The zero-order valence-electron chi connectivity index (χ0n) is 8.33. The van der Waals surface area contributed by atoms with Crippen LogP contribution in [0.1, 0.15) is 5.56 Å². The lowest BCUT2D eigenvalue weighted by atomic mass is 10.0. The monoisotopic (exact) mass is 193 g/mol. The van der Waals surface area contributed by atoms with E-state index in [4.69, 9.17) is 5.73 Å². The molecule has 3 rings (SSSR count). The predicted octanol–water partition coefficient (Wildman–Crippen LogP) is 1.19.